The molecule has 0 spiro atoms. The maximum Gasteiger partial charge on any atom is 0.725 e. The van der Waals surface area contributed by atoms with Crippen molar-refractivity contribution in [3.05, 3.63) is 101 Å². The van der Waals surface area contributed by atoms with Gasteiger partial charge < -0.3 is 23.0 Å². The molecule has 34 heavy (non-hydrogen) atoms. The lowest BCUT2D eigenvalue weighted by atomic mass is 9.95. The molecule has 1 heterocycles. The van der Waals surface area contributed by atoms with Gasteiger partial charge in [0, 0.05) is 18.1 Å². The van der Waals surface area contributed by atoms with E-state index in [0.717, 1.165) is 36.1 Å². The SMILES string of the molecule is CCc1ccc(C2=C(C3CC3)O[B-](F)(F)OC2=CC=CC=C2C=CC(=[N+](C)CCO)C=C2)cc1. The van der Waals surface area contributed by atoms with Crippen LogP contribution in [0.3, 0.4) is 0 Å². The van der Waals surface area contributed by atoms with E-state index in [1.165, 1.54) is 5.56 Å². The van der Waals surface area contributed by atoms with Gasteiger partial charge in [-0.05, 0) is 54.2 Å². The quantitative estimate of drug-likeness (QED) is 0.436. The summed E-state index contributed by atoms with van der Waals surface area (Å²) in [6, 6.07) is 7.90. The van der Waals surface area contributed by atoms with Gasteiger partial charge in [-0.15, -0.1) is 0 Å². The first-order valence-corrected chi connectivity index (χ1v) is 11.8. The van der Waals surface area contributed by atoms with Crippen molar-refractivity contribution in [3.63, 3.8) is 0 Å². The minimum absolute atomic E-state index is 0.0129. The number of allylic oxidation sites excluding steroid dienone is 11. The summed E-state index contributed by atoms with van der Waals surface area (Å²) in [5, 5.41) is 9.07. The average Bonchev–Trinajstić information content (AvgIpc) is 3.67. The number of hydrogen-bond acceptors (Lipinski definition) is 3. The number of aliphatic hydroxyl groups is 1. The molecular formula is C27H30BF2NO3. The van der Waals surface area contributed by atoms with E-state index in [9.17, 15) is 8.63 Å². The highest BCUT2D eigenvalue weighted by Gasteiger charge is 2.44. The molecule has 1 aliphatic heterocycles. The van der Waals surface area contributed by atoms with Gasteiger partial charge in [-0.25, -0.2) is 4.58 Å². The average molecular weight is 465 g/mol. The molecule has 2 aliphatic carbocycles. The van der Waals surface area contributed by atoms with Crippen molar-refractivity contribution in [1.29, 1.82) is 0 Å². The molecule has 4 nitrogen and oxygen atoms in total. The van der Waals surface area contributed by atoms with Gasteiger partial charge in [-0.1, -0.05) is 49.4 Å². The van der Waals surface area contributed by atoms with Gasteiger partial charge in [0.25, 0.3) is 0 Å². The van der Waals surface area contributed by atoms with Crippen LogP contribution in [0, 0.1) is 5.92 Å². The molecule has 0 amide bonds. The maximum absolute atomic E-state index is 14.3. The first kappa shape index (κ1) is 24.0. The molecule has 1 fully saturated rings. The Morgan fingerprint density at radius 3 is 2.32 bits per heavy atom. The first-order chi connectivity index (χ1) is 16.4. The van der Waals surface area contributed by atoms with E-state index in [2.05, 4.69) is 6.92 Å². The summed E-state index contributed by atoms with van der Waals surface area (Å²) in [4.78, 5) is 0. The highest BCUT2D eigenvalue weighted by Crippen LogP contribution is 2.48. The van der Waals surface area contributed by atoms with Crippen molar-refractivity contribution < 1.29 is 27.6 Å². The van der Waals surface area contributed by atoms with Crippen molar-refractivity contribution in [3.8, 4) is 0 Å². The summed E-state index contributed by atoms with van der Waals surface area (Å²) >= 11 is 0. The normalized spacial score (nSPS) is 20.7. The zero-order valence-corrected chi connectivity index (χ0v) is 19.6. The van der Waals surface area contributed by atoms with Gasteiger partial charge in [0.05, 0.1) is 17.1 Å². The predicted octanol–water partition coefficient (Wildman–Crippen LogP) is 5.36. The van der Waals surface area contributed by atoms with Crippen molar-refractivity contribution in [2.75, 3.05) is 20.2 Å². The largest absolute Gasteiger partial charge is 0.725 e. The Hall–Kier alpha value is -3.19. The van der Waals surface area contributed by atoms with Gasteiger partial charge in [0.1, 0.15) is 13.7 Å². The van der Waals surface area contributed by atoms with E-state index >= 15 is 0 Å². The summed E-state index contributed by atoms with van der Waals surface area (Å²) in [6.07, 6.45) is 17.5. The van der Waals surface area contributed by atoms with Crippen LogP contribution in [0.15, 0.2) is 90.0 Å². The molecule has 0 saturated heterocycles. The highest BCUT2D eigenvalue weighted by atomic mass is 19.3. The summed E-state index contributed by atoms with van der Waals surface area (Å²) in [5.74, 6) is 0.485. The molecule has 3 aliphatic rings. The van der Waals surface area contributed by atoms with E-state index in [1.54, 1.807) is 18.2 Å². The molecular weight excluding hydrogens is 435 g/mol. The van der Waals surface area contributed by atoms with Crippen molar-refractivity contribution in [2.24, 2.45) is 5.92 Å². The number of likely N-dealkylation sites (N-methyl/N-ethyl adjacent to an activating group) is 1. The summed E-state index contributed by atoms with van der Waals surface area (Å²) < 4.78 is 40.7. The molecule has 1 saturated carbocycles. The van der Waals surface area contributed by atoms with Crippen LogP contribution in [0.1, 0.15) is 30.9 Å². The van der Waals surface area contributed by atoms with E-state index in [0.29, 0.717) is 17.9 Å². The number of rotatable bonds is 7. The minimum Gasteiger partial charge on any atom is -0.630 e. The van der Waals surface area contributed by atoms with Crippen molar-refractivity contribution >= 4 is 18.4 Å². The lowest BCUT2D eigenvalue weighted by Crippen LogP contribution is -2.36. The van der Waals surface area contributed by atoms with E-state index in [1.807, 2.05) is 66.3 Å². The van der Waals surface area contributed by atoms with E-state index in [-0.39, 0.29) is 18.3 Å². The number of benzene rings is 1. The molecule has 7 heteroatoms. The molecule has 0 aromatic heterocycles. The third kappa shape index (κ3) is 5.83. The van der Waals surface area contributed by atoms with E-state index < -0.39 is 7.11 Å². The van der Waals surface area contributed by atoms with Crippen LogP contribution in [0.2, 0.25) is 0 Å². The number of nitrogens with zero attached hydrogens (tertiary/aromatic N) is 1. The molecule has 178 valence electrons. The third-order valence-electron chi connectivity index (χ3n) is 6.04. The molecule has 0 bridgehead atoms. The molecule has 1 aromatic rings. The van der Waals surface area contributed by atoms with Crippen LogP contribution in [0.4, 0.5) is 8.63 Å². The Labute approximate surface area is 199 Å². The smallest absolute Gasteiger partial charge is 0.630 e. The van der Waals surface area contributed by atoms with Gasteiger partial charge >= 0.3 is 7.11 Å². The Morgan fingerprint density at radius 1 is 1.03 bits per heavy atom. The molecule has 0 unspecified atom stereocenters. The van der Waals surface area contributed by atoms with Gasteiger partial charge in [-0.3, -0.25) is 0 Å². The molecule has 0 atom stereocenters. The number of aliphatic hydroxyl groups excluding tert-OH is 1. The number of aryl methyl sites for hydroxylation is 1. The Kier molecular flexibility index (Phi) is 7.32. The lowest BCUT2D eigenvalue weighted by Gasteiger charge is -2.38. The lowest BCUT2D eigenvalue weighted by molar-refractivity contribution is -0.498. The Balaban J connectivity index is 1.60. The zero-order valence-electron chi connectivity index (χ0n) is 19.6. The monoisotopic (exact) mass is 465 g/mol. The second-order valence-electron chi connectivity index (χ2n) is 8.65. The van der Waals surface area contributed by atoms with Crippen LogP contribution in [0.5, 0.6) is 0 Å². The summed E-state index contributed by atoms with van der Waals surface area (Å²) in [7, 11) is -2.48. The minimum atomic E-state index is -4.40. The van der Waals surface area contributed by atoms with Gasteiger partial charge in [0.2, 0.25) is 0 Å². The zero-order chi connectivity index (χ0) is 24.1. The predicted molar refractivity (Wildman–Crippen MR) is 132 cm³/mol. The highest BCUT2D eigenvalue weighted by molar-refractivity contribution is 6.53. The molecule has 4 rings (SSSR count). The summed E-state index contributed by atoms with van der Waals surface area (Å²) in [5.41, 5.74) is 4.59. The van der Waals surface area contributed by atoms with Crippen LogP contribution in [0.25, 0.3) is 5.57 Å². The fourth-order valence-corrected chi connectivity index (χ4v) is 3.95. The topological polar surface area (TPSA) is 41.7 Å². The fraction of sp³-hybridized carbons (Fsp3) is 0.296. The van der Waals surface area contributed by atoms with Crippen LogP contribution >= 0.6 is 0 Å². The van der Waals surface area contributed by atoms with Crippen molar-refractivity contribution in [2.45, 2.75) is 26.2 Å². The molecule has 1 N–H and O–H groups in total. The first-order valence-electron chi connectivity index (χ1n) is 11.8. The Morgan fingerprint density at radius 2 is 1.71 bits per heavy atom. The maximum atomic E-state index is 14.3. The van der Waals surface area contributed by atoms with Crippen molar-refractivity contribution in [1.82, 2.24) is 0 Å². The van der Waals surface area contributed by atoms with Crippen LogP contribution < -0.4 is 0 Å². The molecule has 1 aromatic carbocycles. The second-order valence-corrected chi connectivity index (χ2v) is 8.65. The number of halogens is 2. The van der Waals surface area contributed by atoms with Crippen LogP contribution in [-0.2, 0) is 15.7 Å². The third-order valence-corrected chi connectivity index (χ3v) is 6.04. The van der Waals surface area contributed by atoms with Gasteiger partial charge in [0.15, 0.2) is 12.3 Å². The Bertz CT molecular complexity index is 1120. The second kappa shape index (κ2) is 10.4. The molecule has 0 radical (unpaired) electrons. The number of hydrogen-bond donors (Lipinski definition) is 1. The van der Waals surface area contributed by atoms with E-state index in [4.69, 9.17) is 14.4 Å². The van der Waals surface area contributed by atoms with Crippen LogP contribution in [-0.4, -0.2) is 42.7 Å². The fourth-order valence-electron chi connectivity index (χ4n) is 3.95. The van der Waals surface area contributed by atoms with Gasteiger partial charge in [-0.2, -0.15) is 0 Å². The summed E-state index contributed by atoms with van der Waals surface area (Å²) in [6.45, 7) is 2.73. The standard InChI is InChI=1S/C27H30BF2NO3/c1-3-20-8-12-22(13-9-20)26-25(33-28(29,30)34-27(26)23-14-15-23)7-5-4-6-21-10-16-24(17-11-21)31(2)18-19-32/h4-13,16-17,23,32H,3,14-15,18-19H2,1-2H3.